The molecule has 2 heterocycles. The van der Waals surface area contributed by atoms with E-state index in [9.17, 15) is 5.11 Å². The number of aliphatic hydroxyl groups is 1. The van der Waals surface area contributed by atoms with Crippen molar-refractivity contribution in [3.63, 3.8) is 0 Å². The first-order valence-corrected chi connectivity index (χ1v) is 7.45. The smallest absolute Gasteiger partial charge is 0.170 e. The lowest BCUT2D eigenvalue weighted by Gasteiger charge is -2.34. The van der Waals surface area contributed by atoms with E-state index in [0.717, 1.165) is 24.5 Å². The molecular formula is C17H20BrNO3. The molecule has 1 aromatic carbocycles. The van der Waals surface area contributed by atoms with E-state index < -0.39 is 6.10 Å². The van der Waals surface area contributed by atoms with Gasteiger partial charge in [-0.3, -0.25) is 0 Å². The second-order valence-electron chi connectivity index (χ2n) is 6.23. The molecule has 118 valence electrons. The molecule has 0 aromatic heterocycles. The molecule has 22 heavy (non-hydrogen) atoms. The van der Waals surface area contributed by atoms with Gasteiger partial charge < -0.3 is 31.6 Å². The van der Waals surface area contributed by atoms with Crippen LogP contribution in [0.1, 0.15) is 24.0 Å². The van der Waals surface area contributed by atoms with Crippen molar-refractivity contribution in [3.8, 4) is 11.5 Å². The molecule has 0 bridgehead atoms. The van der Waals surface area contributed by atoms with E-state index in [2.05, 4.69) is 30.0 Å². The summed E-state index contributed by atoms with van der Waals surface area (Å²) in [5, 5.41) is 9.97. The van der Waals surface area contributed by atoms with Crippen molar-refractivity contribution in [2.75, 3.05) is 20.7 Å². The number of rotatable bonds is 1. The highest BCUT2D eigenvalue weighted by Gasteiger charge is 2.53. The molecule has 0 radical (unpaired) electrons. The highest BCUT2D eigenvalue weighted by atomic mass is 79.9. The molecule has 5 heteroatoms. The van der Waals surface area contributed by atoms with Crippen LogP contribution in [0, 0.1) is 0 Å². The summed E-state index contributed by atoms with van der Waals surface area (Å²) in [6.07, 6.45) is 7.45. The third-order valence-corrected chi connectivity index (χ3v) is 4.98. The molecule has 2 aliphatic heterocycles. The van der Waals surface area contributed by atoms with Crippen LogP contribution in [0.4, 0.5) is 0 Å². The standard InChI is InChI=1S/C17H20NO3.BrH/c1-18-8-7-17-6-5-12(19)9-14(17)21-16-13(20-2)4-3-11(10-18)15(16)17;/h3-6,10,12,14,19H,7-9H2,1-2H3;1H/q+1;/p-1/t12-,14-,17?;/m0./s1. The maximum Gasteiger partial charge on any atom is 0.170 e. The van der Waals surface area contributed by atoms with Gasteiger partial charge in [-0.15, -0.1) is 0 Å². The van der Waals surface area contributed by atoms with Crippen molar-refractivity contribution in [3.05, 3.63) is 35.4 Å². The third-order valence-electron chi connectivity index (χ3n) is 4.98. The van der Waals surface area contributed by atoms with E-state index in [1.54, 1.807) is 7.11 Å². The SMILES string of the molecule is COc1ccc2c3c1O[C@H]1C[C@@H](O)C=CC31CC[N+](C)=C2.[Br-]. The summed E-state index contributed by atoms with van der Waals surface area (Å²) in [7, 11) is 3.78. The maximum absolute atomic E-state index is 9.97. The molecule has 1 aliphatic carbocycles. The molecule has 4 rings (SSSR count). The second-order valence-corrected chi connectivity index (χ2v) is 6.23. The van der Waals surface area contributed by atoms with Crippen LogP contribution in [0.25, 0.3) is 0 Å². The minimum absolute atomic E-state index is 0. The van der Waals surface area contributed by atoms with Gasteiger partial charge in [0.15, 0.2) is 17.7 Å². The Morgan fingerprint density at radius 1 is 1.41 bits per heavy atom. The Balaban J connectivity index is 0.00000144. The van der Waals surface area contributed by atoms with Crippen LogP contribution in [-0.2, 0) is 5.41 Å². The number of hydrogen-bond acceptors (Lipinski definition) is 3. The van der Waals surface area contributed by atoms with E-state index in [1.165, 1.54) is 11.1 Å². The first kappa shape index (κ1) is 15.6. The van der Waals surface area contributed by atoms with Gasteiger partial charge in [0, 0.05) is 24.0 Å². The highest BCUT2D eigenvalue weighted by molar-refractivity contribution is 5.83. The molecule has 1 unspecified atom stereocenters. The van der Waals surface area contributed by atoms with Crippen molar-refractivity contribution in [1.82, 2.24) is 0 Å². The fourth-order valence-electron chi connectivity index (χ4n) is 3.92. The predicted molar refractivity (Wildman–Crippen MR) is 79.7 cm³/mol. The lowest BCUT2D eigenvalue weighted by Crippen LogP contribution is -3.00. The van der Waals surface area contributed by atoms with Gasteiger partial charge in [0.1, 0.15) is 19.7 Å². The zero-order valence-electron chi connectivity index (χ0n) is 12.8. The Morgan fingerprint density at radius 2 is 2.23 bits per heavy atom. The Labute approximate surface area is 140 Å². The number of hydrogen-bond donors (Lipinski definition) is 1. The summed E-state index contributed by atoms with van der Waals surface area (Å²) in [6.45, 7) is 0.969. The van der Waals surface area contributed by atoms with Crippen LogP contribution in [0.15, 0.2) is 24.3 Å². The largest absolute Gasteiger partial charge is 1.00 e. The average molecular weight is 366 g/mol. The number of halogens is 1. The minimum atomic E-state index is -0.422. The third kappa shape index (κ3) is 2.02. The quantitative estimate of drug-likeness (QED) is 0.485. The molecule has 1 N–H and O–H groups in total. The average Bonchev–Trinajstić information content (AvgIpc) is 2.72. The van der Waals surface area contributed by atoms with Crippen LogP contribution < -0.4 is 26.5 Å². The van der Waals surface area contributed by atoms with E-state index in [0.29, 0.717) is 6.42 Å². The van der Waals surface area contributed by atoms with E-state index >= 15 is 0 Å². The highest BCUT2D eigenvalue weighted by Crippen LogP contribution is 2.54. The summed E-state index contributed by atoms with van der Waals surface area (Å²) >= 11 is 0. The van der Waals surface area contributed by atoms with Gasteiger partial charge in [0.2, 0.25) is 0 Å². The Hall–Kier alpha value is -1.33. The number of benzene rings is 1. The topological polar surface area (TPSA) is 41.7 Å². The Kier molecular flexibility index (Phi) is 3.81. The van der Waals surface area contributed by atoms with Crippen molar-refractivity contribution >= 4 is 6.21 Å². The monoisotopic (exact) mass is 365 g/mol. The minimum Gasteiger partial charge on any atom is -1.00 e. The molecular weight excluding hydrogens is 346 g/mol. The van der Waals surface area contributed by atoms with Crippen LogP contribution in [0.2, 0.25) is 0 Å². The fraction of sp³-hybridized carbons (Fsp3) is 0.471. The second kappa shape index (κ2) is 5.39. The zero-order valence-corrected chi connectivity index (χ0v) is 14.3. The molecule has 0 saturated heterocycles. The first-order valence-electron chi connectivity index (χ1n) is 7.45. The van der Waals surface area contributed by atoms with Crippen molar-refractivity contribution in [1.29, 1.82) is 0 Å². The summed E-state index contributed by atoms with van der Waals surface area (Å²) in [5.74, 6) is 1.63. The van der Waals surface area contributed by atoms with Gasteiger partial charge >= 0.3 is 0 Å². The number of nitrogens with zero attached hydrogens (tertiary/aromatic N) is 1. The zero-order chi connectivity index (χ0) is 14.6. The van der Waals surface area contributed by atoms with Gasteiger partial charge in [-0.05, 0) is 12.1 Å². The summed E-state index contributed by atoms with van der Waals surface area (Å²) in [6, 6.07) is 4.07. The van der Waals surface area contributed by atoms with Gasteiger partial charge in [0.05, 0.1) is 18.6 Å². The number of methoxy groups -OCH3 is 1. The fourth-order valence-corrected chi connectivity index (χ4v) is 3.92. The van der Waals surface area contributed by atoms with Crippen molar-refractivity contribution in [2.45, 2.75) is 30.5 Å². The molecule has 1 spiro atoms. The summed E-state index contributed by atoms with van der Waals surface area (Å²) < 4.78 is 13.9. The first-order chi connectivity index (χ1) is 10.1. The Morgan fingerprint density at radius 3 is 3.00 bits per heavy atom. The lowest BCUT2D eigenvalue weighted by molar-refractivity contribution is -0.493. The molecule has 0 amide bonds. The molecule has 1 aromatic rings. The van der Waals surface area contributed by atoms with Crippen LogP contribution in [0.5, 0.6) is 11.5 Å². The molecule has 3 aliphatic rings. The van der Waals surface area contributed by atoms with Crippen LogP contribution in [0.3, 0.4) is 0 Å². The van der Waals surface area contributed by atoms with E-state index in [-0.39, 0.29) is 28.5 Å². The van der Waals surface area contributed by atoms with Gasteiger partial charge in [-0.1, -0.05) is 12.2 Å². The van der Waals surface area contributed by atoms with E-state index in [4.69, 9.17) is 9.47 Å². The molecule has 3 atom stereocenters. The predicted octanol–water partition coefficient (Wildman–Crippen LogP) is -1.52. The number of aliphatic hydroxyl groups excluding tert-OH is 1. The maximum atomic E-state index is 9.97. The normalized spacial score (nSPS) is 31.1. The van der Waals surface area contributed by atoms with Gasteiger partial charge in [-0.25, -0.2) is 4.58 Å². The summed E-state index contributed by atoms with van der Waals surface area (Å²) in [4.78, 5) is 0. The van der Waals surface area contributed by atoms with Gasteiger partial charge in [-0.2, -0.15) is 0 Å². The van der Waals surface area contributed by atoms with Crippen LogP contribution >= 0.6 is 0 Å². The van der Waals surface area contributed by atoms with Crippen molar-refractivity contribution < 1.29 is 36.1 Å². The molecule has 0 fully saturated rings. The lowest BCUT2D eigenvalue weighted by atomic mass is 9.69. The Bertz CT molecular complexity index is 670. The van der Waals surface area contributed by atoms with Crippen LogP contribution in [-0.4, -0.2) is 48.8 Å². The number of ether oxygens (including phenoxy) is 2. The van der Waals surface area contributed by atoms with E-state index in [1.807, 2.05) is 12.1 Å². The van der Waals surface area contributed by atoms with Gasteiger partial charge in [0.25, 0.3) is 0 Å². The van der Waals surface area contributed by atoms with Crippen molar-refractivity contribution in [2.24, 2.45) is 0 Å². The summed E-state index contributed by atoms with van der Waals surface area (Å²) in [5.41, 5.74) is 2.27. The molecule has 0 saturated carbocycles. The molecule has 4 nitrogen and oxygen atoms in total.